The Morgan fingerprint density at radius 3 is 2.81 bits per heavy atom. The van der Waals surface area contributed by atoms with Crippen molar-refractivity contribution in [3.63, 3.8) is 0 Å². The Balaban J connectivity index is 1.13. The molecule has 2 aliphatic heterocycles. The van der Waals surface area contributed by atoms with Crippen LogP contribution in [-0.4, -0.2) is 40.8 Å². The van der Waals surface area contributed by atoms with Crippen LogP contribution in [0.25, 0.3) is 11.4 Å². The van der Waals surface area contributed by atoms with Crippen molar-refractivity contribution in [1.29, 1.82) is 0 Å². The van der Waals surface area contributed by atoms with Gasteiger partial charge in [0.1, 0.15) is 0 Å². The molecule has 1 N–H and O–H groups in total. The lowest BCUT2D eigenvalue weighted by atomic mass is 9.96. The lowest BCUT2D eigenvalue weighted by Gasteiger charge is -2.30. The molecule has 8 nitrogen and oxygen atoms in total. The maximum absolute atomic E-state index is 12.7. The van der Waals surface area contributed by atoms with Crippen molar-refractivity contribution >= 4 is 27.5 Å². The Morgan fingerprint density at radius 1 is 1.13 bits per heavy atom. The molecule has 0 aliphatic carbocycles. The molecule has 0 bridgehead atoms. The van der Waals surface area contributed by atoms with E-state index in [1.54, 1.807) is 6.07 Å². The third kappa shape index (κ3) is 4.57. The van der Waals surface area contributed by atoms with Gasteiger partial charge >= 0.3 is 0 Å². The molecule has 0 spiro atoms. The summed E-state index contributed by atoms with van der Waals surface area (Å²) in [6.45, 7) is 2.40. The van der Waals surface area contributed by atoms with Crippen LogP contribution >= 0.6 is 15.9 Å². The van der Waals surface area contributed by atoms with E-state index in [4.69, 9.17) is 14.0 Å². The van der Waals surface area contributed by atoms with Crippen LogP contribution in [0.3, 0.4) is 0 Å². The van der Waals surface area contributed by atoms with Gasteiger partial charge in [0.25, 0.3) is 0 Å². The van der Waals surface area contributed by atoms with Crippen molar-refractivity contribution in [1.82, 2.24) is 15.0 Å². The van der Waals surface area contributed by atoms with Crippen molar-refractivity contribution in [3.05, 3.63) is 52.8 Å². The molecule has 1 saturated heterocycles. The molecule has 2 aliphatic rings. The Labute approximate surface area is 187 Å². The third-order valence-corrected chi connectivity index (χ3v) is 6.00. The van der Waals surface area contributed by atoms with Crippen LogP contribution in [0.1, 0.15) is 18.7 Å². The van der Waals surface area contributed by atoms with E-state index < -0.39 is 0 Å². The van der Waals surface area contributed by atoms with Crippen LogP contribution in [0.5, 0.6) is 11.5 Å². The summed E-state index contributed by atoms with van der Waals surface area (Å²) in [5.74, 6) is 2.53. The van der Waals surface area contributed by atoms with E-state index in [9.17, 15) is 4.79 Å². The average Bonchev–Trinajstić information content (AvgIpc) is 3.43. The molecule has 3 heterocycles. The highest BCUT2D eigenvalue weighted by Gasteiger charge is 2.26. The summed E-state index contributed by atoms with van der Waals surface area (Å²) < 4.78 is 17.1. The second kappa shape index (κ2) is 8.68. The Kier molecular flexibility index (Phi) is 5.61. The number of fused-ring (bicyclic) bond motifs is 1. The highest BCUT2D eigenvalue weighted by atomic mass is 79.9. The first kappa shape index (κ1) is 20.0. The second-order valence-electron chi connectivity index (χ2n) is 7.63. The van der Waals surface area contributed by atoms with E-state index in [0.29, 0.717) is 29.8 Å². The van der Waals surface area contributed by atoms with E-state index in [0.717, 1.165) is 41.7 Å². The number of amides is 1. The monoisotopic (exact) mass is 484 g/mol. The molecule has 0 atom stereocenters. The Morgan fingerprint density at radius 2 is 1.97 bits per heavy atom. The summed E-state index contributed by atoms with van der Waals surface area (Å²) in [5.41, 5.74) is 1.63. The van der Waals surface area contributed by atoms with Crippen LogP contribution < -0.4 is 14.8 Å². The predicted octanol–water partition coefficient (Wildman–Crippen LogP) is 4.08. The van der Waals surface area contributed by atoms with Crippen LogP contribution in [0.4, 0.5) is 5.69 Å². The molecule has 3 aromatic rings. The van der Waals surface area contributed by atoms with Gasteiger partial charge in [-0.2, -0.15) is 4.98 Å². The number of carbonyl (C=O) groups excluding carboxylic acids is 1. The molecule has 0 unspecified atom stereocenters. The summed E-state index contributed by atoms with van der Waals surface area (Å²) in [6, 6.07) is 13.2. The van der Waals surface area contributed by atoms with Gasteiger partial charge in [-0.1, -0.05) is 33.2 Å². The number of nitrogens with one attached hydrogen (secondary N) is 1. The quantitative estimate of drug-likeness (QED) is 0.583. The lowest BCUT2D eigenvalue weighted by Crippen LogP contribution is -2.37. The van der Waals surface area contributed by atoms with E-state index >= 15 is 0 Å². The standard InChI is InChI=1S/C22H21BrN4O4/c23-16-3-1-2-15(10-16)21-25-20(31-26-21)12-27-8-6-14(7-9-27)22(28)24-17-4-5-18-19(11-17)30-13-29-18/h1-5,10-11,14H,6-9,12-13H2,(H,24,28). The molecule has 5 rings (SSSR count). The highest BCUT2D eigenvalue weighted by Crippen LogP contribution is 2.34. The minimum atomic E-state index is -0.0263. The predicted molar refractivity (Wildman–Crippen MR) is 117 cm³/mol. The van der Waals surface area contributed by atoms with Gasteiger partial charge in [-0.05, 0) is 50.2 Å². The number of carbonyl (C=O) groups is 1. The van der Waals surface area contributed by atoms with E-state index in [-0.39, 0.29) is 18.6 Å². The number of aromatic nitrogens is 2. The maximum atomic E-state index is 12.7. The van der Waals surface area contributed by atoms with Crippen LogP contribution in [0, 0.1) is 5.92 Å². The van der Waals surface area contributed by atoms with Crippen molar-refractivity contribution in [2.45, 2.75) is 19.4 Å². The molecular weight excluding hydrogens is 464 g/mol. The highest BCUT2D eigenvalue weighted by molar-refractivity contribution is 9.10. The summed E-state index contributed by atoms with van der Waals surface area (Å²) in [5, 5.41) is 7.09. The van der Waals surface area contributed by atoms with E-state index in [2.05, 4.69) is 36.3 Å². The normalized spacial score (nSPS) is 16.4. The maximum Gasteiger partial charge on any atom is 0.241 e. The molecule has 1 aromatic heterocycles. The number of rotatable bonds is 5. The van der Waals surface area contributed by atoms with Gasteiger partial charge in [0, 0.05) is 27.7 Å². The minimum absolute atomic E-state index is 0.0263. The number of nitrogens with zero attached hydrogens (tertiary/aromatic N) is 3. The number of ether oxygens (including phenoxy) is 2. The van der Waals surface area contributed by atoms with Gasteiger partial charge in [0.05, 0.1) is 6.54 Å². The smallest absolute Gasteiger partial charge is 0.241 e. The summed E-state index contributed by atoms with van der Waals surface area (Å²) in [4.78, 5) is 19.4. The lowest BCUT2D eigenvalue weighted by molar-refractivity contribution is -0.121. The Hall–Kier alpha value is -2.91. The SMILES string of the molecule is O=C(Nc1ccc2c(c1)OCO2)C1CCN(Cc2nc(-c3cccc(Br)c3)no2)CC1. The molecule has 9 heteroatoms. The number of piperidine rings is 1. The largest absolute Gasteiger partial charge is 0.454 e. The van der Waals surface area contributed by atoms with Gasteiger partial charge < -0.3 is 19.3 Å². The fourth-order valence-electron chi connectivity index (χ4n) is 3.83. The third-order valence-electron chi connectivity index (χ3n) is 5.51. The number of hydrogen-bond donors (Lipinski definition) is 1. The average molecular weight is 485 g/mol. The topological polar surface area (TPSA) is 89.7 Å². The molecule has 31 heavy (non-hydrogen) atoms. The molecule has 0 radical (unpaired) electrons. The van der Waals surface area contributed by atoms with Gasteiger partial charge in [-0.25, -0.2) is 0 Å². The second-order valence-corrected chi connectivity index (χ2v) is 8.55. The molecule has 1 amide bonds. The first-order valence-electron chi connectivity index (χ1n) is 10.2. The van der Waals surface area contributed by atoms with Gasteiger partial charge in [0.15, 0.2) is 11.5 Å². The van der Waals surface area contributed by atoms with Crippen LogP contribution in [0.15, 0.2) is 51.5 Å². The number of hydrogen-bond acceptors (Lipinski definition) is 7. The van der Waals surface area contributed by atoms with E-state index in [1.165, 1.54) is 0 Å². The van der Waals surface area contributed by atoms with Gasteiger partial charge in [-0.3, -0.25) is 9.69 Å². The van der Waals surface area contributed by atoms with Crippen molar-refractivity contribution < 1.29 is 18.8 Å². The first-order chi connectivity index (χ1) is 15.1. The fourth-order valence-corrected chi connectivity index (χ4v) is 4.23. The van der Waals surface area contributed by atoms with Crippen molar-refractivity contribution in [2.24, 2.45) is 5.92 Å². The number of halogens is 1. The Bertz CT molecular complexity index is 1090. The zero-order chi connectivity index (χ0) is 21.2. The molecule has 2 aromatic carbocycles. The number of benzene rings is 2. The van der Waals surface area contributed by atoms with Crippen LogP contribution in [-0.2, 0) is 11.3 Å². The number of likely N-dealkylation sites (tertiary alicyclic amines) is 1. The summed E-state index contributed by atoms with van der Waals surface area (Å²) in [7, 11) is 0. The van der Waals surface area contributed by atoms with E-state index in [1.807, 2.05) is 36.4 Å². The molecule has 1 fully saturated rings. The van der Waals surface area contributed by atoms with Gasteiger partial charge in [0.2, 0.25) is 24.4 Å². The molecular formula is C22H21BrN4O4. The minimum Gasteiger partial charge on any atom is -0.454 e. The fraction of sp³-hybridized carbons (Fsp3) is 0.318. The molecule has 0 saturated carbocycles. The summed E-state index contributed by atoms with van der Waals surface area (Å²) >= 11 is 3.46. The van der Waals surface area contributed by atoms with Crippen LogP contribution in [0.2, 0.25) is 0 Å². The van der Waals surface area contributed by atoms with Crippen molar-refractivity contribution in [3.8, 4) is 22.9 Å². The van der Waals surface area contributed by atoms with Crippen molar-refractivity contribution in [2.75, 3.05) is 25.2 Å². The summed E-state index contributed by atoms with van der Waals surface area (Å²) in [6.07, 6.45) is 1.56. The first-order valence-corrected chi connectivity index (χ1v) is 10.9. The molecule has 160 valence electrons. The zero-order valence-electron chi connectivity index (χ0n) is 16.7. The zero-order valence-corrected chi connectivity index (χ0v) is 18.3. The number of anilines is 1. The van der Waals surface area contributed by atoms with Gasteiger partial charge in [-0.15, -0.1) is 0 Å².